The smallest absolute Gasteiger partial charge is 0.203 e. The maximum Gasteiger partial charge on any atom is 0.203 e. The van der Waals surface area contributed by atoms with E-state index in [0.717, 1.165) is 11.6 Å². The van der Waals surface area contributed by atoms with E-state index in [1.54, 1.807) is 0 Å². The van der Waals surface area contributed by atoms with Gasteiger partial charge in [0.25, 0.3) is 0 Å². The molecular formula is C14H24N4. The zero-order valence-electron chi connectivity index (χ0n) is 11.7. The van der Waals surface area contributed by atoms with E-state index in [1.165, 1.54) is 32.4 Å². The van der Waals surface area contributed by atoms with E-state index in [4.69, 9.17) is 0 Å². The quantitative estimate of drug-likeness (QED) is 0.891. The number of hydrogen-bond donors (Lipinski definition) is 1. The maximum atomic E-state index is 4.66. The Morgan fingerprint density at radius 2 is 2.11 bits per heavy atom. The molecule has 0 aromatic carbocycles. The Hall–Kier alpha value is -1.03. The van der Waals surface area contributed by atoms with Crippen molar-refractivity contribution in [1.82, 2.24) is 14.5 Å². The van der Waals surface area contributed by atoms with E-state index >= 15 is 0 Å². The van der Waals surface area contributed by atoms with E-state index < -0.39 is 0 Å². The van der Waals surface area contributed by atoms with Crippen LogP contribution < -0.4 is 5.32 Å². The summed E-state index contributed by atoms with van der Waals surface area (Å²) in [6.07, 6.45) is 6.04. The van der Waals surface area contributed by atoms with Gasteiger partial charge in [-0.25, -0.2) is 4.98 Å². The first-order valence-corrected chi connectivity index (χ1v) is 7.14. The first kappa shape index (κ1) is 12.0. The van der Waals surface area contributed by atoms with Crippen molar-refractivity contribution in [1.29, 1.82) is 0 Å². The maximum absolute atomic E-state index is 4.66. The SMILES string of the molecule is Cc1cn(C2CC2)c(NC2CCN(C)CC2C)n1. The summed E-state index contributed by atoms with van der Waals surface area (Å²) in [7, 11) is 2.21. The highest BCUT2D eigenvalue weighted by Crippen LogP contribution is 2.37. The van der Waals surface area contributed by atoms with Crippen molar-refractivity contribution in [2.24, 2.45) is 5.92 Å². The molecule has 1 aromatic heterocycles. The molecule has 2 heterocycles. The van der Waals surface area contributed by atoms with E-state index in [1.807, 2.05) is 0 Å². The number of hydrogen-bond acceptors (Lipinski definition) is 3. The van der Waals surface area contributed by atoms with Crippen LogP contribution in [-0.2, 0) is 0 Å². The summed E-state index contributed by atoms with van der Waals surface area (Å²) in [4.78, 5) is 7.08. The lowest BCUT2D eigenvalue weighted by Gasteiger charge is -2.35. The molecule has 0 radical (unpaired) electrons. The van der Waals surface area contributed by atoms with Crippen molar-refractivity contribution in [3.63, 3.8) is 0 Å². The van der Waals surface area contributed by atoms with Crippen LogP contribution in [0, 0.1) is 12.8 Å². The molecule has 2 fully saturated rings. The van der Waals surface area contributed by atoms with Gasteiger partial charge in [-0.2, -0.15) is 0 Å². The second kappa shape index (κ2) is 4.57. The molecule has 4 nitrogen and oxygen atoms in total. The number of likely N-dealkylation sites (tertiary alicyclic amines) is 1. The number of aryl methyl sites for hydroxylation is 1. The van der Waals surface area contributed by atoms with Crippen LogP contribution in [0.4, 0.5) is 5.95 Å². The first-order valence-electron chi connectivity index (χ1n) is 7.14. The molecule has 0 spiro atoms. The molecule has 3 rings (SSSR count). The topological polar surface area (TPSA) is 33.1 Å². The predicted molar refractivity (Wildman–Crippen MR) is 73.9 cm³/mol. The van der Waals surface area contributed by atoms with Gasteiger partial charge in [0.2, 0.25) is 5.95 Å². The van der Waals surface area contributed by atoms with Gasteiger partial charge in [0.15, 0.2) is 0 Å². The zero-order valence-corrected chi connectivity index (χ0v) is 11.7. The molecular weight excluding hydrogens is 224 g/mol. The highest BCUT2D eigenvalue weighted by molar-refractivity contribution is 5.32. The third-order valence-corrected chi connectivity index (χ3v) is 4.22. The Morgan fingerprint density at radius 3 is 2.78 bits per heavy atom. The molecule has 100 valence electrons. The predicted octanol–water partition coefficient (Wildman–Crippen LogP) is 2.28. The highest BCUT2D eigenvalue weighted by atomic mass is 15.2. The fraction of sp³-hybridized carbons (Fsp3) is 0.786. The van der Waals surface area contributed by atoms with Crippen molar-refractivity contribution < 1.29 is 0 Å². The first-order chi connectivity index (χ1) is 8.63. The van der Waals surface area contributed by atoms with Gasteiger partial charge >= 0.3 is 0 Å². The van der Waals surface area contributed by atoms with Crippen LogP contribution in [0.5, 0.6) is 0 Å². The molecule has 2 unspecified atom stereocenters. The van der Waals surface area contributed by atoms with Gasteiger partial charge in [0.1, 0.15) is 0 Å². The van der Waals surface area contributed by atoms with Crippen LogP contribution in [0.3, 0.4) is 0 Å². The van der Waals surface area contributed by atoms with Gasteiger partial charge in [-0.3, -0.25) is 0 Å². The summed E-state index contributed by atoms with van der Waals surface area (Å²) in [6.45, 7) is 6.79. The van der Waals surface area contributed by atoms with Gasteiger partial charge in [-0.15, -0.1) is 0 Å². The third kappa shape index (κ3) is 2.39. The van der Waals surface area contributed by atoms with Crippen molar-refractivity contribution in [2.75, 3.05) is 25.5 Å². The van der Waals surface area contributed by atoms with E-state index in [0.29, 0.717) is 18.0 Å². The van der Waals surface area contributed by atoms with Crippen LogP contribution in [0.25, 0.3) is 0 Å². The molecule has 1 saturated heterocycles. The molecule has 18 heavy (non-hydrogen) atoms. The van der Waals surface area contributed by atoms with Gasteiger partial charge in [-0.1, -0.05) is 6.92 Å². The molecule has 0 bridgehead atoms. The highest BCUT2D eigenvalue weighted by Gasteiger charge is 2.29. The molecule has 1 aliphatic heterocycles. The van der Waals surface area contributed by atoms with Gasteiger partial charge in [0.05, 0.1) is 5.69 Å². The minimum atomic E-state index is 0.570. The minimum Gasteiger partial charge on any atom is -0.353 e. The van der Waals surface area contributed by atoms with Crippen LogP contribution in [0.2, 0.25) is 0 Å². The molecule has 4 heteroatoms. The Kier molecular flexibility index (Phi) is 3.06. The monoisotopic (exact) mass is 248 g/mol. The van der Waals surface area contributed by atoms with E-state index in [-0.39, 0.29) is 0 Å². The number of imidazole rings is 1. The summed E-state index contributed by atoms with van der Waals surface area (Å²) >= 11 is 0. The Labute approximate surface area is 109 Å². The van der Waals surface area contributed by atoms with Gasteiger partial charge in [0, 0.05) is 24.8 Å². The van der Waals surface area contributed by atoms with Gasteiger partial charge in [-0.05, 0) is 45.7 Å². The standard InChI is InChI=1S/C14H24N4/c1-10-8-17(3)7-6-13(10)16-14-15-11(2)9-18(14)12-4-5-12/h9-10,12-13H,4-8H2,1-3H3,(H,15,16). The number of nitrogens with one attached hydrogen (secondary N) is 1. The number of piperidine rings is 1. The summed E-state index contributed by atoms with van der Waals surface area (Å²) in [6, 6.07) is 1.27. The van der Waals surface area contributed by atoms with Crippen molar-refractivity contribution in [2.45, 2.75) is 45.2 Å². The van der Waals surface area contributed by atoms with Crippen LogP contribution >= 0.6 is 0 Å². The van der Waals surface area contributed by atoms with Crippen LogP contribution in [0.1, 0.15) is 37.9 Å². The minimum absolute atomic E-state index is 0.570. The summed E-state index contributed by atoms with van der Waals surface area (Å²) < 4.78 is 2.35. The third-order valence-electron chi connectivity index (χ3n) is 4.22. The Balaban J connectivity index is 1.72. The van der Waals surface area contributed by atoms with E-state index in [9.17, 15) is 0 Å². The summed E-state index contributed by atoms with van der Waals surface area (Å²) in [5, 5.41) is 3.69. The molecule has 2 atom stereocenters. The van der Waals surface area contributed by atoms with Crippen molar-refractivity contribution in [3.05, 3.63) is 11.9 Å². The lowest BCUT2D eigenvalue weighted by atomic mass is 9.94. The molecule has 1 N–H and O–H groups in total. The molecule has 1 aromatic rings. The fourth-order valence-electron chi connectivity index (χ4n) is 2.99. The zero-order chi connectivity index (χ0) is 12.7. The molecule has 2 aliphatic rings. The number of anilines is 1. The van der Waals surface area contributed by atoms with Crippen LogP contribution in [0.15, 0.2) is 6.20 Å². The molecule has 0 amide bonds. The fourth-order valence-corrected chi connectivity index (χ4v) is 2.99. The van der Waals surface area contributed by atoms with Crippen LogP contribution in [-0.4, -0.2) is 40.6 Å². The normalized spacial score (nSPS) is 29.5. The van der Waals surface area contributed by atoms with Gasteiger partial charge < -0.3 is 14.8 Å². The summed E-state index contributed by atoms with van der Waals surface area (Å²) in [5.74, 6) is 1.78. The van der Waals surface area contributed by atoms with E-state index in [2.05, 4.69) is 46.9 Å². The number of nitrogens with zero attached hydrogens (tertiary/aromatic N) is 3. The lowest BCUT2D eigenvalue weighted by molar-refractivity contribution is 0.205. The summed E-state index contributed by atoms with van der Waals surface area (Å²) in [5.41, 5.74) is 1.13. The average molecular weight is 248 g/mol. The number of aromatic nitrogens is 2. The average Bonchev–Trinajstić information content (AvgIpc) is 3.08. The Bertz CT molecular complexity index is 421. The molecule has 1 aliphatic carbocycles. The molecule has 1 saturated carbocycles. The number of rotatable bonds is 3. The second-order valence-corrected chi connectivity index (χ2v) is 6.12. The van der Waals surface area contributed by atoms with Crippen molar-refractivity contribution in [3.8, 4) is 0 Å². The van der Waals surface area contributed by atoms with Crippen molar-refractivity contribution >= 4 is 5.95 Å². The Morgan fingerprint density at radius 1 is 1.33 bits per heavy atom. The largest absolute Gasteiger partial charge is 0.353 e. The second-order valence-electron chi connectivity index (χ2n) is 6.12. The lowest BCUT2D eigenvalue weighted by Crippen LogP contribution is -2.43.